The van der Waals surface area contributed by atoms with E-state index in [0.717, 1.165) is 0 Å². The summed E-state index contributed by atoms with van der Waals surface area (Å²) in [5, 5.41) is 10.2. The molecule has 2 aromatic carbocycles. The largest absolute Gasteiger partial charge is 0.490 e. The van der Waals surface area contributed by atoms with E-state index in [1.807, 2.05) is 13.8 Å². The monoisotopic (exact) mass is 404 g/mol. The highest BCUT2D eigenvalue weighted by Gasteiger charge is 2.36. The Morgan fingerprint density at radius 1 is 1.10 bits per heavy atom. The van der Waals surface area contributed by atoms with Crippen LogP contribution in [-0.2, 0) is 0 Å². The lowest BCUT2D eigenvalue weighted by Crippen LogP contribution is -2.26. The molecule has 0 spiro atoms. The van der Waals surface area contributed by atoms with Gasteiger partial charge >= 0.3 is 0 Å². The minimum Gasteiger partial charge on any atom is -0.490 e. The lowest BCUT2D eigenvalue weighted by atomic mass is 9.84. The van der Waals surface area contributed by atoms with Crippen LogP contribution in [0, 0.1) is 11.3 Å². The summed E-state index contributed by atoms with van der Waals surface area (Å²) in [6, 6.07) is 14.3. The van der Waals surface area contributed by atoms with Crippen LogP contribution >= 0.6 is 0 Å². The van der Waals surface area contributed by atoms with Crippen LogP contribution < -0.4 is 25.4 Å². The van der Waals surface area contributed by atoms with E-state index in [-0.39, 0.29) is 28.4 Å². The Morgan fingerprint density at radius 2 is 1.83 bits per heavy atom. The van der Waals surface area contributed by atoms with E-state index in [2.05, 4.69) is 6.07 Å². The van der Waals surface area contributed by atoms with Crippen molar-refractivity contribution in [1.82, 2.24) is 0 Å². The van der Waals surface area contributed by atoms with Crippen molar-refractivity contribution in [3.63, 3.8) is 0 Å². The number of nitriles is 1. The molecule has 1 aliphatic rings. The first kappa shape index (κ1) is 19.4. The number of fused-ring (bicyclic) bond motifs is 2. The number of hydrogen-bond donors (Lipinski definition) is 1. The lowest BCUT2D eigenvalue weighted by molar-refractivity contribution is 0.286. The van der Waals surface area contributed by atoms with Crippen LogP contribution in [0.1, 0.15) is 30.9 Å². The molecule has 1 atom stereocenters. The quantitative estimate of drug-likeness (QED) is 0.689. The van der Waals surface area contributed by atoms with Crippen molar-refractivity contribution < 1.29 is 18.6 Å². The summed E-state index contributed by atoms with van der Waals surface area (Å²) in [7, 11) is 0. The Kier molecular flexibility index (Phi) is 5.07. The van der Waals surface area contributed by atoms with Gasteiger partial charge in [0.05, 0.1) is 30.1 Å². The number of rotatable bonds is 5. The number of para-hydroxylation sites is 1. The Bertz CT molecular complexity index is 1250. The van der Waals surface area contributed by atoms with Gasteiger partial charge in [-0.2, -0.15) is 5.26 Å². The standard InChI is InChI=1S/C23H20N2O5/c1-3-27-17-10-9-13(11-18(17)28-4-2)19-15(12-24)22(25)30-23-20(19)21(26)14-7-5-6-8-16(14)29-23/h5-11,19H,3-4,25H2,1-2H3/t19-/m0/s1. The molecule has 30 heavy (non-hydrogen) atoms. The molecule has 3 aromatic rings. The first-order valence-electron chi connectivity index (χ1n) is 9.61. The van der Waals surface area contributed by atoms with Gasteiger partial charge < -0.3 is 24.4 Å². The topological polar surface area (TPSA) is 108 Å². The number of nitrogens with two attached hydrogens (primary N) is 1. The molecule has 4 rings (SSSR count). The predicted molar refractivity (Wildman–Crippen MR) is 111 cm³/mol. The summed E-state index contributed by atoms with van der Waals surface area (Å²) in [6.07, 6.45) is 0. The maximum atomic E-state index is 13.3. The van der Waals surface area contributed by atoms with Crippen molar-refractivity contribution in [1.29, 1.82) is 5.26 Å². The highest BCUT2D eigenvalue weighted by atomic mass is 16.6. The molecule has 1 aliphatic heterocycles. The Morgan fingerprint density at radius 3 is 2.57 bits per heavy atom. The fourth-order valence-electron chi connectivity index (χ4n) is 3.60. The average Bonchev–Trinajstić information content (AvgIpc) is 2.74. The minimum absolute atomic E-state index is 0.00737. The van der Waals surface area contributed by atoms with Gasteiger partial charge in [-0.1, -0.05) is 18.2 Å². The molecule has 2 N–H and O–H groups in total. The number of ether oxygens (including phenoxy) is 3. The lowest BCUT2D eigenvalue weighted by Gasteiger charge is -2.25. The molecule has 0 saturated heterocycles. The number of allylic oxidation sites excluding steroid dienone is 1. The summed E-state index contributed by atoms with van der Waals surface area (Å²) >= 11 is 0. The van der Waals surface area contributed by atoms with Gasteiger partial charge in [-0.05, 0) is 43.7 Å². The summed E-state index contributed by atoms with van der Waals surface area (Å²) in [6.45, 7) is 4.66. The van der Waals surface area contributed by atoms with Crippen LogP contribution in [0.2, 0.25) is 0 Å². The molecule has 0 aliphatic carbocycles. The fraction of sp³-hybridized carbons (Fsp3) is 0.217. The van der Waals surface area contributed by atoms with Crippen molar-refractivity contribution in [3.8, 4) is 23.5 Å². The first-order chi connectivity index (χ1) is 14.6. The van der Waals surface area contributed by atoms with E-state index in [1.165, 1.54) is 0 Å². The van der Waals surface area contributed by atoms with Gasteiger partial charge in [0.1, 0.15) is 17.2 Å². The minimum atomic E-state index is -0.755. The maximum absolute atomic E-state index is 13.3. The van der Waals surface area contributed by atoms with Crippen LogP contribution in [0.15, 0.2) is 63.1 Å². The molecule has 0 radical (unpaired) electrons. The van der Waals surface area contributed by atoms with Crippen LogP contribution in [-0.4, -0.2) is 13.2 Å². The second-order valence-electron chi connectivity index (χ2n) is 6.63. The van der Waals surface area contributed by atoms with Gasteiger partial charge in [0.2, 0.25) is 11.3 Å². The van der Waals surface area contributed by atoms with E-state index in [1.54, 1.807) is 42.5 Å². The highest BCUT2D eigenvalue weighted by molar-refractivity contribution is 5.78. The van der Waals surface area contributed by atoms with Crippen molar-refractivity contribution in [2.75, 3.05) is 13.2 Å². The second-order valence-corrected chi connectivity index (χ2v) is 6.63. The SMILES string of the molecule is CCOc1ccc([C@H]2C(C#N)=C(N)Oc3oc4ccccc4c(=O)c32)cc1OCC. The molecule has 7 nitrogen and oxygen atoms in total. The average molecular weight is 404 g/mol. The second kappa shape index (κ2) is 7.84. The maximum Gasteiger partial charge on any atom is 0.300 e. The van der Waals surface area contributed by atoms with E-state index in [0.29, 0.717) is 41.2 Å². The third-order valence-electron chi connectivity index (χ3n) is 4.87. The Balaban J connectivity index is 1.98. The number of hydrogen-bond acceptors (Lipinski definition) is 7. The normalized spacial score (nSPS) is 15.3. The molecule has 2 heterocycles. The summed E-state index contributed by atoms with van der Waals surface area (Å²) in [4.78, 5) is 13.3. The molecule has 0 fully saturated rings. The van der Waals surface area contributed by atoms with E-state index >= 15 is 0 Å². The van der Waals surface area contributed by atoms with Gasteiger partial charge in [-0.15, -0.1) is 0 Å². The molecule has 0 saturated carbocycles. The zero-order chi connectivity index (χ0) is 21.3. The summed E-state index contributed by atoms with van der Waals surface area (Å²) < 4.78 is 22.7. The zero-order valence-corrected chi connectivity index (χ0v) is 16.6. The zero-order valence-electron chi connectivity index (χ0n) is 16.6. The highest BCUT2D eigenvalue weighted by Crippen LogP contribution is 2.43. The van der Waals surface area contributed by atoms with Crippen LogP contribution in [0.5, 0.6) is 17.4 Å². The molecule has 7 heteroatoms. The summed E-state index contributed by atoms with van der Waals surface area (Å²) in [5.74, 6) is 0.240. The van der Waals surface area contributed by atoms with E-state index in [9.17, 15) is 10.1 Å². The third-order valence-corrected chi connectivity index (χ3v) is 4.87. The van der Waals surface area contributed by atoms with Crippen LogP contribution in [0.4, 0.5) is 0 Å². The van der Waals surface area contributed by atoms with Crippen molar-refractivity contribution in [3.05, 3.63) is 75.3 Å². The van der Waals surface area contributed by atoms with Crippen molar-refractivity contribution in [2.24, 2.45) is 5.73 Å². The Labute approximate surface area is 172 Å². The van der Waals surface area contributed by atoms with Crippen molar-refractivity contribution in [2.45, 2.75) is 19.8 Å². The Hall–Kier alpha value is -3.92. The first-order valence-corrected chi connectivity index (χ1v) is 9.61. The molecule has 0 amide bonds. The molecular weight excluding hydrogens is 384 g/mol. The molecule has 0 bridgehead atoms. The summed E-state index contributed by atoms with van der Waals surface area (Å²) in [5.41, 5.74) is 7.14. The van der Waals surface area contributed by atoms with Gasteiger partial charge in [-0.25, -0.2) is 0 Å². The van der Waals surface area contributed by atoms with E-state index in [4.69, 9.17) is 24.4 Å². The molecule has 152 valence electrons. The number of nitrogens with zero attached hydrogens (tertiary/aromatic N) is 1. The molecular formula is C23H20N2O5. The van der Waals surface area contributed by atoms with Crippen molar-refractivity contribution >= 4 is 11.0 Å². The van der Waals surface area contributed by atoms with Gasteiger partial charge in [0.15, 0.2) is 11.5 Å². The van der Waals surface area contributed by atoms with Crippen LogP contribution in [0.25, 0.3) is 11.0 Å². The molecule has 1 aromatic heterocycles. The third kappa shape index (κ3) is 3.12. The van der Waals surface area contributed by atoms with Gasteiger partial charge in [0, 0.05) is 0 Å². The smallest absolute Gasteiger partial charge is 0.300 e. The predicted octanol–water partition coefficient (Wildman–Crippen LogP) is 3.81. The van der Waals surface area contributed by atoms with Gasteiger partial charge in [0.25, 0.3) is 5.95 Å². The van der Waals surface area contributed by atoms with E-state index < -0.39 is 5.92 Å². The van der Waals surface area contributed by atoms with Gasteiger partial charge in [-0.3, -0.25) is 4.79 Å². The van der Waals surface area contributed by atoms with Crippen LogP contribution in [0.3, 0.4) is 0 Å². The number of benzene rings is 2. The molecule has 0 unspecified atom stereocenters. The fourth-order valence-corrected chi connectivity index (χ4v) is 3.60.